The smallest absolute Gasteiger partial charge is 0.547 e. The fourth-order valence-corrected chi connectivity index (χ4v) is 0. The van der Waals surface area contributed by atoms with Crippen molar-refractivity contribution in [3.8, 4) is 0 Å². The quantitative estimate of drug-likeness (QED) is 0.150. The van der Waals surface area contributed by atoms with Crippen LogP contribution in [0.2, 0.25) is 0 Å². The van der Waals surface area contributed by atoms with E-state index < -0.39 is 72.4 Å². The van der Waals surface area contributed by atoms with E-state index in [0.717, 1.165) is 41.5 Å². The molecular formula is C18H30CaMg2O18. The summed E-state index contributed by atoms with van der Waals surface area (Å²) < 4.78 is 0. The Morgan fingerprint density at radius 1 is 0.359 bits per heavy atom. The molecule has 0 aliphatic heterocycles. The van der Waals surface area contributed by atoms with Gasteiger partial charge in [-0.15, -0.1) is 0 Å². The third kappa shape index (κ3) is 85.6. The van der Waals surface area contributed by atoms with E-state index in [1.54, 1.807) is 0 Å². The van der Waals surface area contributed by atoms with Gasteiger partial charge in [-0.3, -0.25) is 0 Å². The van der Waals surface area contributed by atoms with E-state index in [-0.39, 0.29) is 83.8 Å². The van der Waals surface area contributed by atoms with Crippen molar-refractivity contribution in [2.45, 2.75) is 78.2 Å². The van der Waals surface area contributed by atoms with Crippen molar-refractivity contribution in [3.63, 3.8) is 0 Å². The molecule has 0 heterocycles. The summed E-state index contributed by atoms with van der Waals surface area (Å²) in [5.74, 6) is -8.61. The molecular weight excluding hydrogens is 593 g/mol. The predicted molar refractivity (Wildman–Crippen MR) is 117 cm³/mol. The van der Waals surface area contributed by atoms with Gasteiger partial charge in [0, 0.05) is 0 Å². The van der Waals surface area contributed by atoms with Crippen LogP contribution in [0, 0.1) is 0 Å². The Hall–Kier alpha value is -0.628. The van der Waals surface area contributed by atoms with Crippen molar-refractivity contribution in [1.29, 1.82) is 0 Å². The third-order valence-electron chi connectivity index (χ3n) is 2.05. The Labute approximate surface area is 285 Å². The maximum absolute atomic E-state index is 9.34. The molecule has 0 aromatic heterocycles. The van der Waals surface area contributed by atoms with Crippen LogP contribution in [-0.2, 0) is 28.8 Å². The molecule has 6 N–H and O–H groups in total. The fraction of sp³-hybridized carbons (Fsp3) is 0.667. The van der Waals surface area contributed by atoms with Crippen molar-refractivity contribution in [2.75, 3.05) is 0 Å². The van der Waals surface area contributed by atoms with Crippen molar-refractivity contribution in [3.05, 3.63) is 0 Å². The summed E-state index contributed by atoms with van der Waals surface area (Å²) in [7, 11) is 0. The Morgan fingerprint density at radius 2 is 0.385 bits per heavy atom. The number of aliphatic carboxylic acids is 6. The van der Waals surface area contributed by atoms with E-state index in [1.165, 1.54) is 0 Å². The van der Waals surface area contributed by atoms with Crippen molar-refractivity contribution in [1.82, 2.24) is 0 Å². The van der Waals surface area contributed by atoms with Gasteiger partial charge in [-0.1, -0.05) is 0 Å². The van der Waals surface area contributed by atoms with Gasteiger partial charge < -0.3 is 90.0 Å². The minimum absolute atomic E-state index is 0. The number of carboxylic acid groups (broad SMARTS) is 6. The molecule has 216 valence electrons. The summed E-state index contributed by atoms with van der Waals surface area (Å²) in [5.41, 5.74) is 0. The predicted octanol–water partition coefficient (Wildman–Crippen LogP) is -12.4. The molecule has 0 radical (unpaired) electrons. The van der Waals surface area contributed by atoms with Crippen LogP contribution in [0.15, 0.2) is 0 Å². The molecule has 18 nitrogen and oxygen atoms in total. The van der Waals surface area contributed by atoms with E-state index in [0.29, 0.717) is 0 Å². The second-order valence-electron chi connectivity index (χ2n) is 5.97. The number of aliphatic hydroxyl groups is 6. The van der Waals surface area contributed by atoms with Gasteiger partial charge in [0.2, 0.25) is 0 Å². The molecule has 0 spiro atoms. The number of carbonyl (C=O) groups excluding carboxylic acids is 6. The van der Waals surface area contributed by atoms with E-state index in [2.05, 4.69) is 0 Å². The molecule has 0 aromatic rings. The molecule has 39 heavy (non-hydrogen) atoms. The van der Waals surface area contributed by atoms with E-state index >= 15 is 0 Å². The van der Waals surface area contributed by atoms with Crippen LogP contribution in [-0.4, -0.2) is 187 Å². The largest absolute Gasteiger partial charge is 2.00 e. The van der Waals surface area contributed by atoms with Gasteiger partial charge in [-0.2, -0.15) is 0 Å². The SMILES string of the molecule is CC(O)C(=O)[O-].CC(O)C(=O)[O-].CC(O)C(=O)[O-].CC(O)C(=O)[O-].CC(O)C(=O)[O-].CC(O)C(=O)[O-].[Ca+2].[Mg+2].[Mg+2]. The summed E-state index contributed by atoms with van der Waals surface area (Å²) in [5, 5.41) is 104. The van der Waals surface area contributed by atoms with Crippen LogP contribution < -0.4 is 30.6 Å². The van der Waals surface area contributed by atoms with E-state index in [9.17, 15) is 59.4 Å². The number of rotatable bonds is 6. The van der Waals surface area contributed by atoms with Gasteiger partial charge >= 0.3 is 83.8 Å². The Morgan fingerprint density at radius 3 is 0.385 bits per heavy atom. The van der Waals surface area contributed by atoms with Crippen molar-refractivity contribution >= 4 is 120 Å². The van der Waals surface area contributed by atoms with Gasteiger partial charge in [0.1, 0.15) is 0 Å². The van der Waals surface area contributed by atoms with Crippen LogP contribution in [0.4, 0.5) is 0 Å². The molecule has 0 saturated heterocycles. The summed E-state index contributed by atoms with van der Waals surface area (Å²) in [6, 6.07) is 0. The van der Waals surface area contributed by atoms with Crippen LogP contribution in [0.1, 0.15) is 41.5 Å². The van der Waals surface area contributed by atoms with Gasteiger partial charge in [-0.25, -0.2) is 0 Å². The normalized spacial score (nSPS) is 12.6. The van der Waals surface area contributed by atoms with Crippen LogP contribution in [0.25, 0.3) is 0 Å². The zero-order valence-electron chi connectivity index (χ0n) is 22.2. The zero-order valence-corrected chi connectivity index (χ0v) is 27.2. The fourth-order valence-electron chi connectivity index (χ4n) is 0. The van der Waals surface area contributed by atoms with Gasteiger partial charge in [0.15, 0.2) is 0 Å². The first-order valence-corrected chi connectivity index (χ1v) is 9.19. The van der Waals surface area contributed by atoms with Crippen LogP contribution in [0.3, 0.4) is 0 Å². The van der Waals surface area contributed by atoms with Crippen molar-refractivity contribution < 1.29 is 90.0 Å². The van der Waals surface area contributed by atoms with E-state index in [1.807, 2.05) is 0 Å². The average molecular weight is 623 g/mol. The van der Waals surface area contributed by atoms with Crippen molar-refractivity contribution in [2.24, 2.45) is 0 Å². The summed E-state index contributed by atoms with van der Waals surface area (Å²) >= 11 is 0. The maximum Gasteiger partial charge on any atom is 2.00 e. The Balaban J connectivity index is -0.0000000390. The third-order valence-corrected chi connectivity index (χ3v) is 2.05. The molecule has 0 rings (SSSR count). The number of carboxylic acids is 6. The topological polar surface area (TPSA) is 362 Å². The number of carbonyl (C=O) groups is 6. The molecule has 0 aliphatic carbocycles. The first-order chi connectivity index (χ1) is 15.9. The average Bonchev–Trinajstić information content (AvgIpc) is 2.69. The molecule has 0 amide bonds. The van der Waals surface area contributed by atoms with Crippen LogP contribution >= 0.6 is 0 Å². The summed E-state index contributed by atoms with van der Waals surface area (Å²) in [6.07, 6.45) is -8.06. The standard InChI is InChI=1S/6C3H6O3.Ca.2Mg/c6*1-2(4)3(5)6;;;/h6*2,4H,1H3,(H,5,6);;;/q;;;;;;3*+2/p-6. The van der Waals surface area contributed by atoms with Gasteiger partial charge in [0.05, 0.1) is 72.4 Å². The molecule has 21 heteroatoms. The number of hydrogen-bond donors (Lipinski definition) is 6. The maximum atomic E-state index is 9.34. The minimum Gasteiger partial charge on any atom is -0.547 e. The van der Waals surface area contributed by atoms with Gasteiger partial charge in [-0.05, 0) is 41.5 Å². The monoisotopic (exact) mass is 622 g/mol. The Bertz CT molecular complexity index is 500. The molecule has 6 unspecified atom stereocenters. The number of hydrogen-bond acceptors (Lipinski definition) is 18. The molecule has 0 bridgehead atoms. The first-order valence-electron chi connectivity index (χ1n) is 9.19. The second kappa shape index (κ2) is 39.5. The zero-order chi connectivity index (χ0) is 30.9. The molecule has 6 atom stereocenters. The minimum atomic E-state index is -1.44. The first kappa shape index (κ1) is 62.1. The van der Waals surface area contributed by atoms with E-state index in [4.69, 9.17) is 30.6 Å². The molecule has 0 saturated carbocycles. The number of aliphatic hydroxyl groups excluding tert-OH is 6. The molecule has 0 aliphatic rings. The molecule has 0 aromatic carbocycles. The van der Waals surface area contributed by atoms with Gasteiger partial charge in [0.25, 0.3) is 0 Å². The summed E-state index contributed by atoms with van der Waals surface area (Å²) in [4.78, 5) is 56.0. The summed E-state index contributed by atoms with van der Waals surface area (Å²) in [6.45, 7) is 6.81. The molecule has 0 fully saturated rings. The van der Waals surface area contributed by atoms with Crippen LogP contribution in [0.5, 0.6) is 0 Å². The Kier molecular flexibility index (Phi) is 62.9. The second-order valence-corrected chi connectivity index (χ2v) is 5.97.